The lowest BCUT2D eigenvalue weighted by atomic mass is 10.1. The molecule has 0 saturated heterocycles. The van der Waals surface area contributed by atoms with Gasteiger partial charge in [-0.1, -0.05) is 74.0 Å². The molecule has 0 N–H and O–H groups in total. The molecule has 0 rings (SSSR count). The van der Waals surface area contributed by atoms with Crippen LogP contribution in [0.4, 0.5) is 0 Å². The van der Waals surface area contributed by atoms with Gasteiger partial charge in [-0.3, -0.25) is 4.79 Å². The van der Waals surface area contributed by atoms with E-state index in [4.69, 9.17) is 0 Å². The van der Waals surface area contributed by atoms with Gasteiger partial charge in [-0.05, 0) is 17.3 Å². The maximum absolute atomic E-state index is 10.6. The van der Waals surface area contributed by atoms with Gasteiger partial charge in [0.05, 0.1) is 0 Å². The molecule has 96 valence electrons. The van der Waals surface area contributed by atoms with Crippen molar-refractivity contribution in [2.24, 2.45) is 0 Å². The zero-order valence-electron chi connectivity index (χ0n) is 10.2. The van der Waals surface area contributed by atoms with Crippen molar-refractivity contribution in [3.63, 3.8) is 0 Å². The molecule has 0 aliphatic carbocycles. The smallest absolute Gasteiger partial charge is 0.185 e. The number of thiol groups is 1. The van der Waals surface area contributed by atoms with Crippen LogP contribution in [0.2, 0.25) is 0 Å². The maximum Gasteiger partial charge on any atom is 0.185 e. The van der Waals surface area contributed by atoms with Crippen molar-refractivity contribution in [1.29, 1.82) is 0 Å². The minimum absolute atomic E-state index is 0.0373. The van der Waals surface area contributed by atoms with Crippen LogP contribution in [0.1, 0.15) is 70.6 Å². The summed E-state index contributed by atoms with van der Waals surface area (Å²) in [6.07, 6.45) is 13.9. The number of hydrogen-bond donors (Lipinski definition) is 1. The lowest BCUT2D eigenvalue weighted by Crippen LogP contribution is -1.86. The highest BCUT2D eigenvalue weighted by Crippen LogP contribution is 2.12. The molecule has 0 radical (unpaired) electrons. The summed E-state index contributed by atoms with van der Waals surface area (Å²) in [5, 5.41) is 0.0373. The minimum atomic E-state index is 0.0373. The number of hydrogen-bond acceptors (Lipinski definition) is 1. The second-order valence-electron chi connectivity index (χ2n) is 4.37. The number of carbonyl (C=O) groups is 1. The van der Waals surface area contributed by atoms with Crippen LogP contribution in [-0.4, -0.2) is 9.54 Å². The van der Waals surface area contributed by atoms with Crippen molar-refractivity contribution in [2.45, 2.75) is 70.6 Å². The summed E-state index contributed by atoms with van der Waals surface area (Å²) in [4.78, 5) is 10.6. The highest BCUT2D eigenvalue weighted by Gasteiger charge is 1.95. The molecule has 16 heavy (non-hydrogen) atoms. The van der Waals surface area contributed by atoms with Crippen LogP contribution in [0.5, 0.6) is 0 Å². The molecule has 0 unspecified atom stereocenters. The molecule has 0 saturated carbocycles. The van der Waals surface area contributed by atoms with Gasteiger partial charge < -0.3 is 0 Å². The van der Waals surface area contributed by atoms with Gasteiger partial charge in [-0.25, -0.2) is 0 Å². The van der Waals surface area contributed by atoms with Crippen LogP contribution >= 0.6 is 35.2 Å². The predicted molar refractivity (Wildman–Crippen MR) is 83.7 cm³/mol. The number of rotatable bonds is 12. The molecule has 3 heteroatoms. The van der Waals surface area contributed by atoms with E-state index in [0.717, 1.165) is 6.42 Å². The molecule has 0 heterocycles. The standard InChI is InChI=1S/C13H25IOS/c14-12-10-8-6-4-2-1-3-5-7-9-11-13(15)16/h1-12H2,(H,15,16). The van der Waals surface area contributed by atoms with E-state index in [2.05, 4.69) is 35.2 Å². The fourth-order valence-electron chi connectivity index (χ4n) is 1.78. The van der Waals surface area contributed by atoms with E-state index in [1.165, 1.54) is 62.2 Å². The normalized spacial score (nSPS) is 10.6. The highest BCUT2D eigenvalue weighted by atomic mass is 127. The summed E-state index contributed by atoms with van der Waals surface area (Å²) in [5.41, 5.74) is 0. The van der Waals surface area contributed by atoms with Gasteiger partial charge in [0.2, 0.25) is 0 Å². The molecule has 0 amide bonds. The minimum Gasteiger partial charge on any atom is -0.288 e. The zero-order valence-corrected chi connectivity index (χ0v) is 13.3. The Balaban J connectivity index is 2.90. The topological polar surface area (TPSA) is 17.1 Å². The Morgan fingerprint density at radius 2 is 1.12 bits per heavy atom. The Morgan fingerprint density at radius 3 is 1.50 bits per heavy atom. The van der Waals surface area contributed by atoms with Crippen molar-refractivity contribution in [2.75, 3.05) is 4.43 Å². The Hall–Kier alpha value is 0.750. The average Bonchev–Trinajstić information content (AvgIpc) is 2.25. The largest absolute Gasteiger partial charge is 0.288 e. The van der Waals surface area contributed by atoms with Crippen LogP contribution in [-0.2, 0) is 4.79 Å². The third kappa shape index (κ3) is 14.8. The van der Waals surface area contributed by atoms with Crippen molar-refractivity contribution >= 4 is 40.3 Å². The van der Waals surface area contributed by atoms with E-state index in [1.54, 1.807) is 0 Å². The summed E-state index contributed by atoms with van der Waals surface area (Å²) in [6, 6.07) is 0. The number of carbonyl (C=O) groups excluding carboxylic acids is 1. The quantitative estimate of drug-likeness (QED) is 0.221. The number of alkyl halides is 1. The fraction of sp³-hybridized carbons (Fsp3) is 0.923. The summed E-state index contributed by atoms with van der Waals surface area (Å²) >= 11 is 6.21. The van der Waals surface area contributed by atoms with E-state index < -0.39 is 0 Å². The molecule has 0 atom stereocenters. The lowest BCUT2D eigenvalue weighted by Gasteiger charge is -2.01. The van der Waals surface area contributed by atoms with Crippen molar-refractivity contribution in [1.82, 2.24) is 0 Å². The molecule has 0 aliphatic heterocycles. The molecule has 0 aromatic rings. The molecule has 0 aromatic heterocycles. The molecular weight excluding hydrogens is 331 g/mol. The molecule has 0 aliphatic rings. The first kappa shape index (κ1) is 16.8. The monoisotopic (exact) mass is 356 g/mol. The second-order valence-corrected chi connectivity index (χ2v) is 5.95. The lowest BCUT2D eigenvalue weighted by molar-refractivity contribution is -0.110. The zero-order chi connectivity index (χ0) is 12.1. The van der Waals surface area contributed by atoms with Crippen molar-refractivity contribution < 1.29 is 4.79 Å². The number of unbranched alkanes of at least 4 members (excludes halogenated alkanes) is 9. The first-order valence-electron chi connectivity index (χ1n) is 6.55. The first-order chi connectivity index (χ1) is 7.77. The summed E-state index contributed by atoms with van der Waals surface area (Å²) in [6.45, 7) is 0. The van der Waals surface area contributed by atoms with Crippen LogP contribution < -0.4 is 0 Å². The second kappa shape index (κ2) is 13.8. The van der Waals surface area contributed by atoms with Gasteiger partial charge >= 0.3 is 0 Å². The third-order valence-electron chi connectivity index (χ3n) is 2.77. The Bertz CT molecular complexity index is 162. The van der Waals surface area contributed by atoms with E-state index in [1.807, 2.05) is 0 Å². The van der Waals surface area contributed by atoms with Gasteiger partial charge in [0.25, 0.3) is 0 Å². The predicted octanol–water partition coefficient (Wildman–Crippen LogP) is 5.17. The van der Waals surface area contributed by atoms with Crippen LogP contribution in [0.3, 0.4) is 0 Å². The summed E-state index contributed by atoms with van der Waals surface area (Å²) in [5.74, 6) is 0. The Morgan fingerprint density at radius 1 is 0.750 bits per heavy atom. The van der Waals surface area contributed by atoms with Gasteiger partial charge in [0, 0.05) is 6.42 Å². The summed E-state index contributed by atoms with van der Waals surface area (Å²) in [7, 11) is 0. The molecule has 1 nitrogen and oxygen atoms in total. The van der Waals surface area contributed by atoms with E-state index in [0.29, 0.717) is 6.42 Å². The van der Waals surface area contributed by atoms with Crippen LogP contribution in [0, 0.1) is 0 Å². The molecule has 0 aromatic carbocycles. The highest BCUT2D eigenvalue weighted by molar-refractivity contribution is 14.1. The van der Waals surface area contributed by atoms with Gasteiger partial charge in [-0.15, -0.1) is 12.6 Å². The van der Waals surface area contributed by atoms with Crippen molar-refractivity contribution in [3.8, 4) is 0 Å². The van der Waals surface area contributed by atoms with E-state index in [-0.39, 0.29) is 5.12 Å². The van der Waals surface area contributed by atoms with Gasteiger partial charge in [-0.2, -0.15) is 0 Å². The van der Waals surface area contributed by atoms with Crippen molar-refractivity contribution in [3.05, 3.63) is 0 Å². The van der Waals surface area contributed by atoms with Crippen LogP contribution in [0.25, 0.3) is 0 Å². The Kier molecular flexibility index (Phi) is 14.5. The fourth-order valence-corrected chi connectivity index (χ4v) is 2.48. The molecule has 0 spiro atoms. The number of halogens is 1. The molecule has 0 bridgehead atoms. The average molecular weight is 356 g/mol. The maximum atomic E-state index is 10.6. The van der Waals surface area contributed by atoms with E-state index in [9.17, 15) is 4.79 Å². The van der Waals surface area contributed by atoms with E-state index >= 15 is 0 Å². The summed E-state index contributed by atoms with van der Waals surface area (Å²) < 4.78 is 1.31. The van der Waals surface area contributed by atoms with Gasteiger partial charge in [0.1, 0.15) is 0 Å². The SMILES string of the molecule is O=C(S)CCCCCCCCCCCCI. The van der Waals surface area contributed by atoms with Gasteiger partial charge in [0.15, 0.2) is 5.12 Å². The third-order valence-corrected chi connectivity index (χ3v) is 3.76. The first-order valence-corrected chi connectivity index (χ1v) is 8.52. The molecular formula is C13H25IOS. The van der Waals surface area contributed by atoms with Crippen LogP contribution in [0.15, 0.2) is 0 Å². The molecule has 0 fully saturated rings. The Labute approximate surface area is 120 Å².